The molecule has 1 saturated heterocycles. The third-order valence-electron chi connectivity index (χ3n) is 5.09. The Balaban J connectivity index is 0.00000240. The summed E-state index contributed by atoms with van der Waals surface area (Å²) in [6, 6.07) is 9.75. The number of likely N-dealkylation sites (tertiary alicyclic amines) is 1. The van der Waals surface area contributed by atoms with E-state index < -0.39 is 6.04 Å². The fraction of sp³-hybridized carbons (Fsp3) is 0.300. The van der Waals surface area contributed by atoms with Crippen LogP contribution in [0.3, 0.4) is 0 Å². The number of piperidine rings is 1. The molecule has 2 aromatic carbocycles. The predicted molar refractivity (Wildman–Crippen MR) is 123 cm³/mol. The normalized spacial score (nSPS) is 17.8. The van der Waals surface area contributed by atoms with Crippen LogP contribution in [0.15, 0.2) is 36.4 Å². The number of aromatic amines is 1. The van der Waals surface area contributed by atoms with Gasteiger partial charge >= 0.3 is 0 Å². The van der Waals surface area contributed by atoms with Crippen molar-refractivity contribution in [3.8, 4) is 0 Å². The first kappa shape index (κ1) is 22.2. The maximum Gasteiger partial charge on any atom is 0.244 e. The summed E-state index contributed by atoms with van der Waals surface area (Å²) in [7, 11) is 0. The lowest BCUT2D eigenvalue weighted by Crippen LogP contribution is -2.44. The Kier molecular flexibility index (Phi) is 7.02. The summed E-state index contributed by atoms with van der Waals surface area (Å²) in [6.45, 7) is 1.23. The second kappa shape index (κ2) is 9.14. The van der Waals surface area contributed by atoms with E-state index in [0.29, 0.717) is 33.7 Å². The average molecular weight is 472 g/mol. The highest BCUT2D eigenvalue weighted by molar-refractivity contribution is 7.59. The summed E-state index contributed by atoms with van der Waals surface area (Å²) in [5.41, 5.74) is 8.60. The molecular formula is C20H21Cl3N4OS. The van der Waals surface area contributed by atoms with Gasteiger partial charge in [-0.15, -0.1) is 0 Å². The smallest absolute Gasteiger partial charge is 0.244 e. The van der Waals surface area contributed by atoms with E-state index in [1.807, 2.05) is 18.2 Å². The molecule has 154 valence electrons. The molecule has 4 rings (SSSR count). The van der Waals surface area contributed by atoms with Gasteiger partial charge in [-0.2, -0.15) is 13.5 Å². The monoisotopic (exact) mass is 470 g/mol. The van der Waals surface area contributed by atoms with Crippen LogP contribution in [0.2, 0.25) is 15.1 Å². The lowest BCUT2D eigenvalue weighted by atomic mass is 9.96. The van der Waals surface area contributed by atoms with Crippen LogP contribution in [-0.2, 0) is 4.79 Å². The summed E-state index contributed by atoms with van der Waals surface area (Å²) in [4.78, 5) is 22.8. The number of hydrogen-bond acceptors (Lipinski definition) is 3. The van der Waals surface area contributed by atoms with E-state index in [1.54, 1.807) is 23.1 Å². The van der Waals surface area contributed by atoms with E-state index in [0.717, 1.165) is 29.7 Å². The minimum absolute atomic E-state index is 0. The van der Waals surface area contributed by atoms with E-state index in [-0.39, 0.29) is 25.3 Å². The summed E-state index contributed by atoms with van der Waals surface area (Å²) >= 11 is 18.2. The van der Waals surface area contributed by atoms with Crippen molar-refractivity contribution in [1.82, 2.24) is 14.9 Å². The van der Waals surface area contributed by atoms with Crippen LogP contribution in [0.1, 0.15) is 36.2 Å². The number of amides is 1. The van der Waals surface area contributed by atoms with Crippen molar-refractivity contribution in [3.63, 3.8) is 0 Å². The third kappa shape index (κ3) is 4.84. The zero-order chi connectivity index (χ0) is 19.8. The number of nitrogens with zero attached hydrogens (tertiary/aromatic N) is 2. The van der Waals surface area contributed by atoms with Gasteiger partial charge < -0.3 is 15.6 Å². The van der Waals surface area contributed by atoms with Crippen molar-refractivity contribution in [2.45, 2.75) is 24.8 Å². The number of nitrogens with one attached hydrogen (secondary N) is 1. The van der Waals surface area contributed by atoms with Gasteiger partial charge in [0.25, 0.3) is 0 Å². The van der Waals surface area contributed by atoms with Crippen molar-refractivity contribution in [1.29, 1.82) is 0 Å². The number of nitrogens with two attached hydrogens (primary N) is 1. The Hall–Kier alpha value is -1.44. The number of carbonyl (C=O) groups is 1. The molecule has 1 unspecified atom stereocenters. The first-order valence-corrected chi connectivity index (χ1v) is 10.2. The van der Waals surface area contributed by atoms with Gasteiger partial charge in [0.05, 0.1) is 11.0 Å². The molecule has 3 aromatic rings. The van der Waals surface area contributed by atoms with Gasteiger partial charge in [-0.3, -0.25) is 4.79 Å². The van der Waals surface area contributed by atoms with E-state index in [1.165, 1.54) is 0 Å². The van der Waals surface area contributed by atoms with Crippen LogP contribution in [0.4, 0.5) is 0 Å². The quantitative estimate of drug-likeness (QED) is 0.562. The number of carbonyl (C=O) groups excluding carboxylic acids is 1. The molecule has 0 saturated carbocycles. The maximum absolute atomic E-state index is 13.0. The number of halogens is 3. The summed E-state index contributed by atoms with van der Waals surface area (Å²) in [6.07, 6.45) is 1.84. The predicted octanol–water partition coefficient (Wildman–Crippen LogP) is 5.04. The fourth-order valence-electron chi connectivity index (χ4n) is 3.69. The number of benzene rings is 2. The van der Waals surface area contributed by atoms with Crippen molar-refractivity contribution in [3.05, 3.63) is 62.9 Å². The van der Waals surface area contributed by atoms with Gasteiger partial charge in [0.15, 0.2) is 0 Å². The molecule has 1 aromatic heterocycles. The van der Waals surface area contributed by atoms with Crippen LogP contribution >= 0.6 is 48.3 Å². The molecule has 2 heterocycles. The van der Waals surface area contributed by atoms with Gasteiger partial charge in [0.1, 0.15) is 11.9 Å². The second-order valence-electron chi connectivity index (χ2n) is 7.09. The minimum Gasteiger partial charge on any atom is -0.342 e. The van der Waals surface area contributed by atoms with E-state index in [2.05, 4.69) is 9.97 Å². The number of aromatic nitrogens is 2. The molecular weight excluding hydrogens is 451 g/mol. The number of hydrogen-bond donors (Lipinski definition) is 2. The average Bonchev–Trinajstić information content (AvgIpc) is 3.09. The SMILES string of the molecule is NC(C(=O)N1CCC[C@H](c2nc3ccc(Cl)cc3[nH]2)C1)c1cc(Cl)cc(Cl)c1.S. The Morgan fingerprint density at radius 1 is 1.14 bits per heavy atom. The van der Waals surface area contributed by atoms with Crippen LogP contribution in [-0.4, -0.2) is 33.9 Å². The highest BCUT2D eigenvalue weighted by Gasteiger charge is 2.30. The molecule has 2 atom stereocenters. The number of rotatable bonds is 3. The first-order chi connectivity index (χ1) is 13.4. The van der Waals surface area contributed by atoms with E-state index in [9.17, 15) is 4.79 Å². The highest BCUT2D eigenvalue weighted by atomic mass is 35.5. The Labute approximate surface area is 191 Å². The maximum atomic E-state index is 13.0. The summed E-state index contributed by atoms with van der Waals surface area (Å²) in [5.74, 6) is 0.857. The van der Waals surface area contributed by atoms with Crippen LogP contribution in [0.25, 0.3) is 11.0 Å². The zero-order valence-electron chi connectivity index (χ0n) is 15.5. The van der Waals surface area contributed by atoms with Crippen molar-refractivity contribution in [2.75, 3.05) is 13.1 Å². The van der Waals surface area contributed by atoms with Crippen molar-refractivity contribution >= 4 is 65.2 Å². The van der Waals surface area contributed by atoms with Gasteiger partial charge in [-0.25, -0.2) is 4.98 Å². The molecule has 5 nitrogen and oxygen atoms in total. The molecule has 0 spiro atoms. The van der Waals surface area contributed by atoms with Crippen LogP contribution in [0.5, 0.6) is 0 Å². The third-order valence-corrected chi connectivity index (χ3v) is 5.76. The molecule has 1 aliphatic heterocycles. The van der Waals surface area contributed by atoms with E-state index in [4.69, 9.17) is 40.5 Å². The number of H-pyrrole nitrogens is 1. The van der Waals surface area contributed by atoms with Gasteiger partial charge in [-0.05, 0) is 54.8 Å². The lowest BCUT2D eigenvalue weighted by molar-refractivity contribution is -0.134. The number of imidazole rings is 1. The van der Waals surface area contributed by atoms with Crippen LogP contribution < -0.4 is 5.73 Å². The second-order valence-corrected chi connectivity index (χ2v) is 8.40. The van der Waals surface area contributed by atoms with Gasteiger partial charge in [0.2, 0.25) is 5.91 Å². The molecule has 9 heteroatoms. The fourth-order valence-corrected chi connectivity index (χ4v) is 4.40. The van der Waals surface area contributed by atoms with Gasteiger partial charge in [0, 0.05) is 34.1 Å². The zero-order valence-corrected chi connectivity index (χ0v) is 18.7. The van der Waals surface area contributed by atoms with Crippen molar-refractivity contribution < 1.29 is 4.79 Å². The summed E-state index contributed by atoms with van der Waals surface area (Å²) in [5, 5.41) is 1.58. The first-order valence-electron chi connectivity index (χ1n) is 9.06. The Bertz CT molecular complexity index is 1020. The molecule has 0 bridgehead atoms. The molecule has 0 radical (unpaired) electrons. The topological polar surface area (TPSA) is 75.0 Å². The lowest BCUT2D eigenvalue weighted by Gasteiger charge is -2.33. The Morgan fingerprint density at radius 2 is 1.86 bits per heavy atom. The van der Waals surface area contributed by atoms with Gasteiger partial charge in [-0.1, -0.05) is 34.8 Å². The summed E-state index contributed by atoms with van der Waals surface area (Å²) < 4.78 is 0. The molecule has 29 heavy (non-hydrogen) atoms. The minimum atomic E-state index is -0.801. The largest absolute Gasteiger partial charge is 0.342 e. The van der Waals surface area contributed by atoms with Crippen molar-refractivity contribution in [2.24, 2.45) is 5.73 Å². The molecule has 0 aliphatic carbocycles. The highest BCUT2D eigenvalue weighted by Crippen LogP contribution is 2.30. The van der Waals surface area contributed by atoms with Crippen LogP contribution in [0, 0.1) is 0 Å². The van der Waals surface area contributed by atoms with E-state index >= 15 is 0 Å². The standard InChI is InChI=1S/C20H19Cl3N4O.H2S/c21-13-3-4-16-17(9-13)26-19(25-16)11-2-1-5-27(10-11)20(28)18(24)12-6-14(22)8-15(23)7-12;/h3-4,6-9,11,18H,1-2,5,10,24H2,(H,25,26);1H2/t11-,18?;/m0./s1. The molecule has 3 N–H and O–H groups in total. The Morgan fingerprint density at radius 3 is 2.59 bits per heavy atom. The molecule has 1 amide bonds. The molecule has 1 aliphatic rings. The number of fused-ring (bicyclic) bond motifs is 1. The molecule has 1 fully saturated rings.